The van der Waals surface area contributed by atoms with Crippen LogP contribution in [0.3, 0.4) is 0 Å². The van der Waals surface area contributed by atoms with Crippen molar-refractivity contribution in [3.8, 4) is 0 Å². The number of aromatic nitrogens is 2. The summed E-state index contributed by atoms with van der Waals surface area (Å²) in [4.78, 5) is 16.2. The second kappa shape index (κ2) is 5.85. The van der Waals surface area contributed by atoms with Crippen LogP contribution in [-0.2, 0) is 17.8 Å². The fourth-order valence-corrected chi connectivity index (χ4v) is 2.46. The van der Waals surface area contributed by atoms with Gasteiger partial charge in [0.15, 0.2) is 0 Å². The minimum Gasteiger partial charge on any atom is -0.481 e. The van der Waals surface area contributed by atoms with Gasteiger partial charge >= 0.3 is 5.97 Å². The molecular formula is C16H22N2O3. The summed E-state index contributed by atoms with van der Waals surface area (Å²) in [6, 6.07) is 7.66. The Kier molecular flexibility index (Phi) is 4.32. The van der Waals surface area contributed by atoms with Gasteiger partial charge in [-0.15, -0.1) is 0 Å². The predicted molar refractivity (Wildman–Crippen MR) is 81.1 cm³/mol. The number of nitrogens with zero attached hydrogens (tertiary/aromatic N) is 2. The van der Waals surface area contributed by atoms with Crippen LogP contribution in [0.5, 0.6) is 0 Å². The van der Waals surface area contributed by atoms with Crippen LogP contribution in [0.15, 0.2) is 24.3 Å². The number of rotatable bonds is 6. The molecule has 0 aliphatic heterocycles. The van der Waals surface area contributed by atoms with Crippen molar-refractivity contribution < 1.29 is 15.0 Å². The van der Waals surface area contributed by atoms with Gasteiger partial charge in [-0.25, -0.2) is 4.98 Å². The Morgan fingerprint density at radius 3 is 2.62 bits per heavy atom. The first kappa shape index (κ1) is 15.5. The highest BCUT2D eigenvalue weighted by molar-refractivity contribution is 5.77. The van der Waals surface area contributed by atoms with Crippen molar-refractivity contribution in [2.24, 2.45) is 11.3 Å². The molecule has 114 valence electrons. The molecule has 0 amide bonds. The van der Waals surface area contributed by atoms with E-state index in [9.17, 15) is 15.0 Å². The van der Waals surface area contributed by atoms with Crippen molar-refractivity contribution in [3.05, 3.63) is 30.1 Å². The summed E-state index contributed by atoms with van der Waals surface area (Å²) in [5.41, 5.74) is 0.879. The highest BCUT2D eigenvalue weighted by Gasteiger charge is 2.38. The third-order valence-electron chi connectivity index (χ3n) is 4.35. The molecular weight excluding hydrogens is 268 g/mol. The van der Waals surface area contributed by atoms with E-state index in [0.717, 1.165) is 11.0 Å². The summed E-state index contributed by atoms with van der Waals surface area (Å²) in [6.45, 7) is 5.99. The van der Waals surface area contributed by atoms with E-state index in [2.05, 4.69) is 4.98 Å². The maximum atomic E-state index is 11.7. The van der Waals surface area contributed by atoms with E-state index in [0.29, 0.717) is 18.8 Å². The SMILES string of the molecule is CC(C)C(C)(Cc1nc2ccccc2n1CCO)C(=O)O. The lowest BCUT2D eigenvalue weighted by Crippen LogP contribution is -2.36. The number of hydrogen-bond acceptors (Lipinski definition) is 3. The van der Waals surface area contributed by atoms with Crippen LogP contribution in [-0.4, -0.2) is 32.3 Å². The predicted octanol–water partition coefficient (Wildman–Crippen LogP) is 2.32. The van der Waals surface area contributed by atoms with Crippen molar-refractivity contribution in [1.82, 2.24) is 9.55 Å². The van der Waals surface area contributed by atoms with Gasteiger partial charge in [-0.05, 0) is 25.0 Å². The lowest BCUT2D eigenvalue weighted by molar-refractivity contribution is -0.150. The van der Waals surface area contributed by atoms with Gasteiger partial charge in [0.05, 0.1) is 23.1 Å². The van der Waals surface area contributed by atoms with E-state index in [1.807, 2.05) is 42.7 Å². The molecule has 2 N–H and O–H groups in total. The van der Waals surface area contributed by atoms with Crippen molar-refractivity contribution in [2.45, 2.75) is 33.7 Å². The normalized spacial score (nSPS) is 14.5. The minimum atomic E-state index is -0.880. The molecule has 0 fully saturated rings. The van der Waals surface area contributed by atoms with Crippen LogP contribution >= 0.6 is 0 Å². The molecule has 0 aliphatic rings. The number of hydrogen-bond donors (Lipinski definition) is 2. The number of benzene rings is 1. The Balaban J connectivity index is 2.50. The van der Waals surface area contributed by atoms with Crippen molar-refractivity contribution in [2.75, 3.05) is 6.61 Å². The fraction of sp³-hybridized carbons (Fsp3) is 0.500. The van der Waals surface area contributed by atoms with Crippen LogP contribution in [0.4, 0.5) is 0 Å². The molecule has 5 heteroatoms. The summed E-state index contributed by atoms with van der Waals surface area (Å²) >= 11 is 0. The number of imidazole rings is 1. The Morgan fingerprint density at radius 1 is 1.38 bits per heavy atom. The largest absolute Gasteiger partial charge is 0.481 e. The summed E-state index contributed by atoms with van der Waals surface area (Å²) in [6.07, 6.45) is 0.342. The number of aliphatic hydroxyl groups is 1. The van der Waals surface area contributed by atoms with Gasteiger partial charge in [-0.2, -0.15) is 0 Å². The molecule has 5 nitrogen and oxygen atoms in total. The molecule has 0 radical (unpaired) electrons. The molecule has 0 saturated carbocycles. The second-order valence-corrected chi connectivity index (χ2v) is 5.95. The monoisotopic (exact) mass is 290 g/mol. The van der Waals surface area contributed by atoms with Crippen LogP contribution in [0.2, 0.25) is 0 Å². The Morgan fingerprint density at radius 2 is 2.05 bits per heavy atom. The molecule has 1 aromatic carbocycles. The van der Waals surface area contributed by atoms with E-state index in [1.54, 1.807) is 6.92 Å². The minimum absolute atomic E-state index is 0.00117. The Hall–Kier alpha value is -1.88. The third kappa shape index (κ3) is 2.78. The van der Waals surface area contributed by atoms with Gasteiger partial charge in [0, 0.05) is 13.0 Å². The fourth-order valence-electron chi connectivity index (χ4n) is 2.46. The van der Waals surface area contributed by atoms with E-state index in [-0.39, 0.29) is 12.5 Å². The lowest BCUT2D eigenvalue weighted by atomic mass is 9.76. The van der Waals surface area contributed by atoms with Gasteiger partial charge in [0.2, 0.25) is 0 Å². The van der Waals surface area contributed by atoms with E-state index < -0.39 is 11.4 Å². The average molecular weight is 290 g/mol. The third-order valence-corrected chi connectivity index (χ3v) is 4.35. The van der Waals surface area contributed by atoms with Gasteiger partial charge < -0.3 is 14.8 Å². The molecule has 1 aromatic heterocycles. The average Bonchev–Trinajstić information content (AvgIpc) is 2.77. The summed E-state index contributed by atoms with van der Waals surface area (Å²) < 4.78 is 1.92. The Labute approximate surface area is 124 Å². The quantitative estimate of drug-likeness (QED) is 0.856. The van der Waals surface area contributed by atoms with Crippen molar-refractivity contribution in [1.29, 1.82) is 0 Å². The molecule has 0 bridgehead atoms. The number of carbonyl (C=O) groups is 1. The lowest BCUT2D eigenvalue weighted by Gasteiger charge is -2.28. The zero-order chi connectivity index (χ0) is 15.6. The number of fused-ring (bicyclic) bond motifs is 1. The van der Waals surface area contributed by atoms with Crippen molar-refractivity contribution >= 4 is 17.0 Å². The molecule has 21 heavy (non-hydrogen) atoms. The van der Waals surface area contributed by atoms with E-state index in [4.69, 9.17) is 0 Å². The van der Waals surface area contributed by atoms with Crippen LogP contribution in [0.25, 0.3) is 11.0 Å². The van der Waals surface area contributed by atoms with Crippen LogP contribution in [0.1, 0.15) is 26.6 Å². The molecule has 2 rings (SSSR count). The van der Waals surface area contributed by atoms with Gasteiger partial charge in [-0.1, -0.05) is 26.0 Å². The first-order valence-corrected chi connectivity index (χ1v) is 7.18. The van der Waals surface area contributed by atoms with Gasteiger partial charge in [0.1, 0.15) is 5.82 Å². The topological polar surface area (TPSA) is 75.3 Å². The molecule has 1 heterocycles. The second-order valence-electron chi connectivity index (χ2n) is 5.95. The maximum absolute atomic E-state index is 11.7. The number of para-hydroxylation sites is 2. The molecule has 0 spiro atoms. The first-order valence-electron chi connectivity index (χ1n) is 7.18. The zero-order valence-corrected chi connectivity index (χ0v) is 12.7. The number of aliphatic hydroxyl groups excluding tert-OH is 1. The summed E-state index contributed by atoms with van der Waals surface area (Å²) in [5.74, 6) is -0.124. The smallest absolute Gasteiger partial charge is 0.310 e. The zero-order valence-electron chi connectivity index (χ0n) is 12.7. The van der Waals surface area contributed by atoms with E-state index in [1.165, 1.54) is 0 Å². The van der Waals surface area contributed by atoms with Gasteiger partial charge in [0.25, 0.3) is 0 Å². The van der Waals surface area contributed by atoms with E-state index >= 15 is 0 Å². The molecule has 0 saturated heterocycles. The summed E-state index contributed by atoms with van der Waals surface area (Å²) in [7, 11) is 0. The molecule has 1 unspecified atom stereocenters. The number of carboxylic acid groups (broad SMARTS) is 1. The molecule has 2 aromatic rings. The van der Waals surface area contributed by atoms with Crippen LogP contribution < -0.4 is 0 Å². The van der Waals surface area contributed by atoms with Crippen LogP contribution in [0, 0.1) is 11.3 Å². The molecule has 0 aliphatic carbocycles. The maximum Gasteiger partial charge on any atom is 0.310 e. The first-order chi connectivity index (χ1) is 9.90. The summed E-state index contributed by atoms with van der Waals surface area (Å²) in [5, 5.41) is 18.8. The van der Waals surface area contributed by atoms with Gasteiger partial charge in [-0.3, -0.25) is 4.79 Å². The molecule has 1 atom stereocenters. The number of carboxylic acids is 1. The standard InChI is InChI=1S/C16H22N2O3/c1-11(2)16(3,15(20)21)10-14-17-12-6-4-5-7-13(12)18(14)8-9-19/h4-7,11,19H,8-10H2,1-3H3,(H,20,21). The Bertz CT molecular complexity index is 648. The number of aliphatic carboxylic acids is 1. The van der Waals surface area contributed by atoms with Crippen molar-refractivity contribution in [3.63, 3.8) is 0 Å². The highest BCUT2D eigenvalue weighted by atomic mass is 16.4. The highest BCUT2D eigenvalue weighted by Crippen LogP contribution is 2.32.